The molecule has 0 bridgehead atoms. The Morgan fingerprint density at radius 1 is 1.39 bits per heavy atom. The van der Waals surface area contributed by atoms with Gasteiger partial charge >= 0.3 is 0 Å². The molecule has 1 aromatic carbocycles. The summed E-state index contributed by atoms with van der Waals surface area (Å²) in [6.45, 7) is 1.57. The van der Waals surface area contributed by atoms with Crippen LogP contribution in [0.25, 0.3) is 11.0 Å². The highest BCUT2D eigenvalue weighted by Gasteiger charge is 2.12. The summed E-state index contributed by atoms with van der Waals surface area (Å²) >= 11 is 12.1. The average Bonchev–Trinajstić information content (AvgIpc) is 2.70. The summed E-state index contributed by atoms with van der Waals surface area (Å²) in [6, 6.07) is 5.79. The Morgan fingerprint density at radius 2 is 2.22 bits per heavy atom. The maximum Gasteiger partial charge on any atom is 0.111 e. The summed E-state index contributed by atoms with van der Waals surface area (Å²) in [5.41, 5.74) is 1.93. The van der Waals surface area contributed by atoms with Crippen LogP contribution in [0.2, 0.25) is 5.02 Å². The fourth-order valence-corrected chi connectivity index (χ4v) is 2.51. The second-order valence-electron chi connectivity index (χ2n) is 4.07. The average molecular weight is 287 g/mol. The lowest BCUT2D eigenvalue weighted by molar-refractivity contribution is 0.190. The maximum atomic E-state index is 6.26. The van der Waals surface area contributed by atoms with E-state index < -0.39 is 0 Å². The van der Waals surface area contributed by atoms with Crippen molar-refractivity contribution in [1.82, 2.24) is 9.55 Å². The molecule has 3 nitrogen and oxygen atoms in total. The van der Waals surface area contributed by atoms with E-state index in [1.165, 1.54) is 0 Å². The Kier molecular flexibility index (Phi) is 4.87. The third kappa shape index (κ3) is 2.79. The second-order valence-corrected chi connectivity index (χ2v) is 4.86. The molecular formula is C13H16Cl2N2O. The lowest BCUT2D eigenvalue weighted by Crippen LogP contribution is -2.07. The van der Waals surface area contributed by atoms with Gasteiger partial charge in [0.25, 0.3) is 0 Å². The number of aromatic nitrogens is 2. The molecule has 0 saturated heterocycles. The number of rotatable bonds is 6. The highest BCUT2D eigenvalue weighted by molar-refractivity contribution is 6.35. The molecule has 0 radical (unpaired) electrons. The van der Waals surface area contributed by atoms with Crippen molar-refractivity contribution in [3.63, 3.8) is 0 Å². The van der Waals surface area contributed by atoms with Crippen LogP contribution >= 0.6 is 23.2 Å². The molecule has 0 spiro atoms. The first-order valence-corrected chi connectivity index (χ1v) is 6.87. The first-order valence-electron chi connectivity index (χ1n) is 5.96. The molecule has 0 amide bonds. The number of para-hydroxylation sites is 1. The van der Waals surface area contributed by atoms with Crippen LogP contribution in [0, 0.1) is 0 Å². The van der Waals surface area contributed by atoms with Crippen molar-refractivity contribution in [1.29, 1.82) is 0 Å². The van der Waals surface area contributed by atoms with Gasteiger partial charge in [0, 0.05) is 32.6 Å². The molecule has 0 aliphatic rings. The minimum absolute atomic E-state index is 0.561. The number of methoxy groups -OCH3 is 1. The van der Waals surface area contributed by atoms with Gasteiger partial charge in [0.05, 0.1) is 16.1 Å². The molecule has 0 aliphatic carbocycles. The van der Waals surface area contributed by atoms with Gasteiger partial charge in [-0.25, -0.2) is 4.98 Å². The van der Waals surface area contributed by atoms with Gasteiger partial charge in [-0.2, -0.15) is 0 Å². The summed E-state index contributed by atoms with van der Waals surface area (Å²) in [6.07, 6.45) is 1.68. The van der Waals surface area contributed by atoms with E-state index in [0.717, 1.165) is 47.9 Å². The summed E-state index contributed by atoms with van der Waals surface area (Å²) in [5, 5.41) is 0.734. The summed E-state index contributed by atoms with van der Waals surface area (Å²) < 4.78 is 7.24. The highest BCUT2D eigenvalue weighted by atomic mass is 35.5. The molecule has 1 heterocycles. The van der Waals surface area contributed by atoms with E-state index >= 15 is 0 Å². The van der Waals surface area contributed by atoms with Gasteiger partial charge in [-0.15, -0.1) is 11.6 Å². The van der Waals surface area contributed by atoms with E-state index in [2.05, 4.69) is 9.55 Å². The zero-order valence-electron chi connectivity index (χ0n) is 10.3. The smallest absolute Gasteiger partial charge is 0.111 e. The predicted octanol–water partition coefficient (Wildman–Crippen LogP) is 3.51. The van der Waals surface area contributed by atoms with Crippen LogP contribution in [0.1, 0.15) is 12.2 Å². The van der Waals surface area contributed by atoms with Crippen molar-refractivity contribution in [3.05, 3.63) is 29.0 Å². The molecule has 0 N–H and O–H groups in total. The van der Waals surface area contributed by atoms with Gasteiger partial charge in [-0.05, 0) is 18.6 Å². The number of benzene rings is 1. The molecule has 1 aromatic heterocycles. The van der Waals surface area contributed by atoms with Crippen LogP contribution < -0.4 is 0 Å². The Labute approximate surface area is 117 Å². The third-order valence-electron chi connectivity index (χ3n) is 2.84. The van der Waals surface area contributed by atoms with E-state index in [1.807, 2.05) is 18.2 Å². The van der Waals surface area contributed by atoms with Gasteiger partial charge < -0.3 is 9.30 Å². The third-order valence-corrected chi connectivity index (χ3v) is 3.34. The molecule has 5 heteroatoms. The zero-order valence-corrected chi connectivity index (χ0v) is 11.8. The van der Waals surface area contributed by atoms with E-state index in [-0.39, 0.29) is 0 Å². The Hall–Kier alpha value is -0.770. The van der Waals surface area contributed by atoms with Crippen molar-refractivity contribution in [3.8, 4) is 0 Å². The van der Waals surface area contributed by atoms with Crippen molar-refractivity contribution < 1.29 is 4.74 Å². The zero-order chi connectivity index (χ0) is 13.0. The Balaban J connectivity index is 2.40. The quantitative estimate of drug-likeness (QED) is 0.600. The van der Waals surface area contributed by atoms with Crippen LogP contribution in [-0.2, 0) is 17.7 Å². The number of ether oxygens (including phenoxy) is 1. The summed E-state index contributed by atoms with van der Waals surface area (Å²) in [5.74, 6) is 1.55. The molecule has 2 rings (SSSR count). The van der Waals surface area contributed by atoms with Gasteiger partial charge in [0.2, 0.25) is 0 Å². The highest BCUT2D eigenvalue weighted by Crippen LogP contribution is 2.25. The summed E-state index contributed by atoms with van der Waals surface area (Å²) in [7, 11) is 1.71. The number of alkyl halides is 1. The van der Waals surface area contributed by atoms with Crippen molar-refractivity contribution >= 4 is 34.2 Å². The molecule has 98 valence electrons. The molecule has 0 fully saturated rings. The van der Waals surface area contributed by atoms with Crippen LogP contribution in [0.3, 0.4) is 0 Å². The largest absolute Gasteiger partial charge is 0.385 e. The normalized spacial score (nSPS) is 11.3. The van der Waals surface area contributed by atoms with Gasteiger partial charge in [-0.3, -0.25) is 0 Å². The van der Waals surface area contributed by atoms with E-state index in [0.29, 0.717) is 5.88 Å². The number of hydrogen-bond acceptors (Lipinski definition) is 2. The van der Waals surface area contributed by atoms with Gasteiger partial charge in [-0.1, -0.05) is 17.7 Å². The molecule has 18 heavy (non-hydrogen) atoms. The molecular weight excluding hydrogens is 271 g/mol. The van der Waals surface area contributed by atoms with Crippen LogP contribution in [-0.4, -0.2) is 29.1 Å². The van der Waals surface area contributed by atoms with Crippen LogP contribution in [0.15, 0.2) is 18.2 Å². The fraction of sp³-hybridized carbons (Fsp3) is 0.462. The van der Waals surface area contributed by atoms with Crippen molar-refractivity contribution in [2.75, 3.05) is 19.6 Å². The number of fused-ring (bicyclic) bond motifs is 1. The number of hydrogen-bond donors (Lipinski definition) is 0. The fourth-order valence-electron chi connectivity index (χ4n) is 2.07. The molecule has 2 aromatic rings. The minimum atomic E-state index is 0.561. The maximum absolute atomic E-state index is 6.26. The number of halogens is 2. The standard InChI is InChI=1S/C13H16Cl2N2O/c1-18-9-3-8-17-12(6-7-14)16-11-5-2-4-10(15)13(11)17/h2,4-5H,3,6-9H2,1H3. The van der Waals surface area contributed by atoms with Crippen molar-refractivity contribution in [2.45, 2.75) is 19.4 Å². The Bertz CT molecular complexity index is 525. The number of nitrogens with zero attached hydrogens (tertiary/aromatic N) is 2. The van der Waals surface area contributed by atoms with E-state index in [9.17, 15) is 0 Å². The predicted molar refractivity (Wildman–Crippen MR) is 75.7 cm³/mol. The lowest BCUT2D eigenvalue weighted by atomic mass is 10.3. The van der Waals surface area contributed by atoms with Crippen molar-refractivity contribution in [2.24, 2.45) is 0 Å². The first-order chi connectivity index (χ1) is 8.77. The molecule has 0 aliphatic heterocycles. The topological polar surface area (TPSA) is 27.1 Å². The second kappa shape index (κ2) is 6.41. The van der Waals surface area contributed by atoms with E-state index in [1.54, 1.807) is 7.11 Å². The van der Waals surface area contributed by atoms with Gasteiger partial charge in [0.15, 0.2) is 0 Å². The molecule has 0 atom stereocenters. The minimum Gasteiger partial charge on any atom is -0.385 e. The van der Waals surface area contributed by atoms with Crippen LogP contribution in [0.5, 0.6) is 0 Å². The molecule has 0 unspecified atom stereocenters. The SMILES string of the molecule is COCCCn1c(CCCl)nc2cccc(Cl)c21. The summed E-state index contributed by atoms with van der Waals surface area (Å²) in [4.78, 5) is 4.60. The van der Waals surface area contributed by atoms with Crippen LogP contribution in [0.4, 0.5) is 0 Å². The van der Waals surface area contributed by atoms with Gasteiger partial charge in [0.1, 0.15) is 5.82 Å². The van der Waals surface area contributed by atoms with E-state index in [4.69, 9.17) is 27.9 Å². The molecule has 0 saturated carbocycles. The number of aryl methyl sites for hydroxylation is 2. The number of imidazole rings is 1. The Morgan fingerprint density at radius 3 is 2.94 bits per heavy atom. The monoisotopic (exact) mass is 286 g/mol. The lowest BCUT2D eigenvalue weighted by Gasteiger charge is -2.08. The first kappa shape index (κ1) is 13.7.